The molecule has 0 saturated carbocycles. The molecule has 4 nitrogen and oxygen atoms in total. The minimum absolute atomic E-state index is 0.331. The molecular formula is C14H19N3O. The quantitative estimate of drug-likeness (QED) is 0.850. The Labute approximate surface area is 107 Å². The van der Waals surface area contributed by atoms with Crippen LogP contribution >= 0.6 is 0 Å². The molecule has 18 heavy (non-hydrogen) atoms. The van der Waals surface area contributed by atoms with E-state index in [1.54, 1.807) is 6.07 Å². The van der Waals surface area contributed by atoms with Crippen molar-refractivity contribution in [2.24, 2.45) is 0 Å². The molecule has 4 heteroatoms. The largest absolute Gasteiger partial charge is 0.508 e. The van der Waals surface area contributed by atoms with Crippen LogP contribution < -0.4 is 5.32 Å². The third-order valence-corrected chi connectivity index (χ3v) is 2.81. The van der Waals surface area contributed by atoms with Crippen molar-refractivity contribution in [2.75, 3.05) is 0 Å². The lowest BCUT2D eigenvalue weighted by atomic mass is 10.2. The average Bonchev–Trinajstić information content (AvgIpc) is 2.80. The van der Waals surface area contributed by atoms with Crippen molar-refractivity contribution in [1.29, 1.82) is 0 Å². The molecule has 0 spiro atoms. The molecule has 0 fully saturated rings. The number of rotatable bonds is 5. The highest BCUT2D eigenvalue weighted by Gasteiger charge is 2.03. The second-order valence-corrected chi connectivity index (χ2v) is 4.61. The topological polar surface area (TPSA) is 50.1 Å². The Balaban J connectivity index is 1.87. The van der Waals surface area contributed by atoms with Gasteiger partial charge in [0, 0.05) is 30.9 Å². The van der Waals surface area contributed by atoms with Gasteiger partial charge in [0.2, 0.25) is 0 Å². The van der Waals surface area contributed by atoms with Crippen molar-refractivity contribution in [3.8, 4) is 5.75 Å². The summed E-state index contributed by atoms with van der Waals surface area (Å²) >= 11 is 0. The maximum absolute atomic E-state index is 9.62. The number of phenolic OH excluding ortho intramolecular Hbond substituents is 1. The summed E-state index contributed by atoms with van der Waals surface area (Å²) in [6.07, 6.45) is 1.99. The molecule has 0 radical (unpaired) electrons. The first-order valence-electron chi connectivity index (χ1n) is 6.18. The van der Waals surface area contributed by atoms with Gasteiger partial charge < -0.3 is 10.4 Å². The molecule has 0 amide bonds. The summed E-state index contributed by atoms with van der Waals surface area (Å²) in [5.74, 6) is 0.331. The van der Waals surface area contributed by atoms with E-state index in [-0.39, 0.29) is 0 Å². The zero-order valence-electron chi connectivity index (χ0n) is 10.8. The van der Waals surface area contributed by atoms with Crippen LogP contribution in [0.25, 0.3) is 0 Å². The van der Waals surface area contributed by atoms with E-state index >= 15 is 0 Å². The highest BCUT2D eigenvalue weighted by Crippen LogP contribution is 2.15. The second-order valence-electron chi connectivity index (χ2n) is 4.61. The molecule has 1 aromatic carbocycles. The van der Waals surface area contributed by atoms with Gasteiger partial charge in [-0.2, -0.15) is 5.10 Å². The minimum atomic E-state index is 0.331. The molecule has 2 rings (SSSR count). The number of phenols is 1. The summed E-state index contributed by atoms with van der Waals surface area (Å²) in [6, 6.07) is 9.75. The van der Waals surface area contributed by atoms with E-state index in [4.69, 9.17) is 0 Å². The Morgan fingerprint density at radius 3 is 2.67 bits per heavy atom. The third-order valence-electron chi connectivity index (χ3n) is 2.81. The standard InChI is InChI=1S/C14H19N3O/c1-11(2)17-8-7-13(16-17)10-15-9-12-5-3-4-6-14(12)18/h3-8,11,15,18H,9-10H2,1-2H3. The predicted molar refractivity (Wildman–Crippen MR) is 71.3 cm³/mol. The number of aromatic hydroxyl groups is 1. The number of hydrogen-bond donors (Lipinski definition) is 2. The normalized spacial score (nSPS) is 11.1. The van der Waals surface area contributed by atoms with Gasteiger partial charge in [-0.25, -0.2) is 0 Å². The Bertz CT molecular complexity index is 505. The first-order valence-corrected chi connectivity index (χ1v) is 6.18. The first-order chi connectivity index (χ1) is 8.66. The van der Waals surface area contributed by atoms with Gasteiger partial charge in [-0.1, -0.05) is 18.2 Å². The average molecular weight is 245 g/mol. The van der Waals surface area contributed by atoms with Crippen LogP contribution in [-0.2, 0) is 13.1 Å². The van der Waals surface area contributed by atoms with Gasteiger partial charge >= 0.3 is 0 Å². The minimum Gasteiger partial charge on any atom is -0.508 e. The molecule has 96 valence electrons. The second kappa shape index (κ2) is 5.69. The number of aromatic nitrogens is 2. The summed E-state index contributed by atoms with van der Waals surface area (Å²) < 4.78 is 1.94. The SMILES string of the molecule is CC(C)n1ccc(CNCc2ccccc2O)n1. The van der Waals surface area contributed by atoms with Gasteiger partial charge in [0.25, 0.3) is 0 Å². The number of hydrogen-bond acceptors (Lipinski definition) is 3. The molecular weight excluding hydrogens is 226 g/mol. The molecule has 0 saturated heterocycles. The smallest absolute Gasteiger partial charge is 0.120 e. The van der Waals surface area contributed by atoms with Gasteiger partial charge in [-0.3, -0.25) is 4.68 Å². The monoisotopic (exact) mass is 245 g/mol. The highest BCUT2D eigenvalue weighted by atomic mass is 16.3. The predicted octanol–water partition coefficient (Wildman–Crippen LogP) is 2.46. The van der Waals surface area contributed by atoms with Crippen LogP contribution in [0.1, 0.15) is 31.1 Å². The van der Waals surface area contributed by atoms with E-state index in [0.717, 1.165) is 11.3 Å². The van der Waals surface area contributed by atoms with Gasteiger partial charge in [0.15, 0.2) is 0 Å². The van der Waals surface area contributed by atoms with Crippen LogP contribution in [0.3, 0.4) is 0 Å². The molecule has 1 aromatic heterocycles. The van der Waals surface area contributed by atoms with Crippen molar-refractivity contribution in [3.63, 3.8) is 0 Å². The number of benzene rings is 1. The number of nitrogens with one attached hydrogen (secondary N) is 1. The van der Waals surface area contributed by atoms with Crippen LogP contribution in [0.5, 0.6) is 5.75 Å². The zero-order chi connectivity index (χ0) is 13.0. The van der Waals surface area contributed by atoms with Crippen LogP contribution in [0.2, 0.25) is 0 Å². The number of para-hydroxylation sites is 1. The zero-order valence-corrected chi connectivity index (χ0v) is 10.8. The summed E-state index contributed by atoms with van der Waals surface area (Å²) in [6.45, 7) is 5.55. The van der Waals surface area contributed by atoms with Crippen LogP contribution in [-0.4, -0.2) is 14.9 Å². The Kier molecular flexibility index (Phi) is 3.99. The van der Waals surface area contributed by atoms with E-state index in [1.165, 1.54) is 0 Å². The first kappa shape index (κ1) is 12.6. The summed E-state index contributed by atoms with van der Waals surface area (Å²) in [4.78, 5) is 0. The number of nitrogens with zero attached hydrogens (tertiary/aromatic N) is 2. The van der Waals surface area contributed by atoms with E-state index in [0.29, 0.717) is 24.9 Å². The fourth-order valence-corrected chi connectivity index (χ4v) is 1.74. The van der Waals surface area contributed by atoms with Gasteiger partial charge in [-0.15, -0.1) is 0 Å². The fraction of sp³-hybridized carbons (Fsp3) is 0.357. The lowest BCUT2D eigenvalue weighted by Crippen LogP contribution is -2.13. The summed E-state index contributed by atoms with van der Waals surface area (Å²) in [5.41, 5.74) is 1.92. The van der Waals surface area contributed by atoms with E-state index < -0.39 is 0 Å². The van der Waals surface area contributed by atoms with Gasteiger partial charge in [0.05, 0.1) is 5.69 Å². The van der Waals surface area contributed by atoms with Crippen LogP contribution in [0, 0.1) is 0 Å². The molecule has 0 unspecified atom stereocenters. The molecule has 0 aliphatic carbocycles. The Hall–Kier alpha value is -1.81. The van der Waals surface area contributed by atoms with Crippen molar-refractivity contribution in [1.82, 2.24) is 15.1 Å². The Morgan fingerprint density at radius 2 is 2.00 bits per heavy atom. The third kappa shape index (κ3) is 3.11. The van der Waals surface area contributed by atoms with Crippen LogP contribution in [0.4, 0.5) is 0 Å². The van der Waals surface area contributed by atoms with Gasteiger partial charge in [0.1, 0.15) is 5.75 Å². The lowest BCUT2D eigenvalue weighted by Gasteiger charge is -2.06. The summed E-state index contributed by atoms with van der Waals surface area (Å²) in [7, 11) is 0. The molecule has 0 aliphatic rings. The molecule has 0 aliphatic heterocycles. The maximum atomic E-state index is 9.62. The Morgan fingerprint density at radius 1 is 1.22 bits per heavy atom. The van der Waals surface area contributed by atoms with Crippen molar-refractivity contribution >= 4 is 0 Å². The fourth-order valence-electron chi connectivity index (χ4n) is 1.74. The molecule has 0 atom stereocenters. The molecule has 1 heterocycles. The maximum Gasteiger partial charge on any atom is 0.120 e. The lowest BCUT2D eigenvalue weighted by molar-refractivity contribution is 0.464. The molecule has 2 aromatic rings. The van der Waals surface area contributed by atoms with E-state index in [9.17, 15) is 5.11 Å². The van der Waals surface area contributed by atoms with Crippen molar-refractivity contribution < 1.29 is 5.11 Å². The molecule has 2 N–H and O–H groups in total. The highest BCUT2D eigenvalue weighted by molar-refractivity contribution is 5.31. The van der Waals surface area contributed by atoms with E-state index in [1.807, 2.05) is 35.1 Å². The van der Waals surface area contributed by atoms with E-state index in [2.05, 4.69) is 24.3 Å². The van der Waals surface area contributed by atoms with Gasteiger partial charge in [-0.05, 0) is 26.0 Å². The van der Waals surface area contributed by atoms with Crippen LogP contribution in [0.15, 0.2) is 36.5 Å². The van der Waals surface area contributed by atoms with Crippen molar-refractivity contribution in [2.45, 2.75) is 33.0 Å². The summed E-state index contributed by atoms with van der Waals surface area (Å²) in [5, 5.41) is 17.4. The van der Waals surface area contributed by atoms with Crippen molar-refractivity contribution in [3.05, 3.63) is 47.8 Å². The molecule has 0 bridgehead atoms.